The molecule has 0 saturated carbocycles. The van der Waals surface area contributed by atoms with Crippen LogP contribution < -0.4 is 25.0 Å². The molecule has 0 fully saturated rings. The molecule has 0 aliphatic carbocycles. The van der Waals surface area contributed by atoms with Gasteiger partial charge in [0.1, 0.15) is 24.5 Å². The third-order valence-electron chi connectivity index (χ3n) is 4.67. The first-order chi connectivity index (χ1) is 13.6. The molecule has 1 amide bonds. The summed E-state index contributed by atoms with van der Waals surface area (Å²) in [4.78, 5) is 25.8. The summed E-state index contributed by atoms with van der Waals surface area (Å²) in [5.41, 5.74) is 1.01. The van der Waals surface area contributed by atoms with Gasteiger partial charge in [0.25, 0.3) is 5.91 Å². The van der Waals surface area contributed by atoms with Crippen molar-refractivity contribution >= 4 is 22.5 Å². The fraction of sp³-hybridized carbons (Fsp3) is 0.238. The molecule has 0 radical (unpaired) electrons. The quantitative estimate of drug-likeness (QED) is 0.753. The molecular weight excluding hydrogens is 360 g/mol. The van der Waals surface area contributed by atoms with Crippen LogP contribution in [0.3, 0.4) is 0 Å². The number of methoxy groups -OCH3 is 1. The van der Waals surface area contributed by atoms with Gasteiger partial charge in [0.05, 0.1) is 18.0 Å². The standard InChI is InChI=1S/C21H20N2O5/c1-3-23-12-16(20(24)15-11-14(26-2)5-6-17(15)23)21(25)22-13-4-7-18-19(10-13)28-9-8-27-18/h4-7,10-12H,3,8-9H2,1-2H3,(H,22,25). The van der Waals surface area contributed by atoms with Crippen molar-refractivity contribution in [1.29, 1.82) is 0 Å². The molecule has 1 aliphatic rings. The fourth-order valence-corrected chi connectivity index (χ4v) is 3.25. The molecule has 4 rings (SSSR count). The van der Waals surface area contributed by atoms with Crippen LogP contribution in [0.5, 0.6) is 17.2 Å². The van der Waals surface area contributed by atoms with Crippen molar-refractivity contribution in [3.8, 4) is 17.2 Å². The van der Waals surface area contributed by atoms with Crippen LogP contribution in [-0.4, -0.2) is 30.8 Å². The molecule has 28 heavy (non-hydrogen) atoms. The van der Waals surface area contributed by atoms with Crippen LogP contribution in [-0.2, 0) is 6.54 Å². The average Bonchev–Trinajstić information content (AvgIpc) is 2.73. The lowest BCUT2D eigenvalue weighted by Crippen LogP contribution is -2.24. The Hall–Kier alpha value is -3.48. The van der Waals surface area contributed by atoms with Crippen molar-refractivity contribution < 1.29 is 19.0 Å². The summed E-state index contributed by atoms with van der Waals surface area (Å²) in [6.45, 7) is 3.53. The molecule has 2 aromatic carbocycles. The highest BCUT2D eigenvalue weighted by atomic mass is 16.6. The zero-order chi connectivity index (χ0) is 19.7. The van der Waals surface area contributed by atoms with Crippen molar-refractivity contribution in [2.45, 2.75) is 13.5 Å². The molecule has 144 valence electrons. The summed E-state index contributed by atoms with van der Waals surface area (Å²) in [7, 11) is 1.54. The van der Waals surface area contributed by atoms with E-state index < -0.39 is 5.91 Å². The fourth-order valence-electron chi connectivity index (χ4n) is 3.25. The van der Waals surface area contributed by atoms with E-state index in [0.29, 0.717) is 48.1 Å². The van der Waals surface area contributed by atoms with Crippen molar-refractivity contribution in [2.24, 2.45) is 0 Å². The molecule has 1 aromatic heterocycles. The second-order valence-electron chi connectivity index (χ2n) is 6.35. The molecule has 0 saturated heterocycles. The van der Waals surface area contributed by atoms with Crippen molar-refractivity contribution in [2.75, 3.05) is 25.6 Å². The third-order valence-corrected chi connectivity index (χ3v) is 4.67. The topological polar surface area (TPSA) is 78.8 Å². The number of hydrogen-bond acceptors (Lipinski definition) is 5. The lowest BCUT2D eigenvalue weighted by atomic mass is 10.1. The van der Waals surface area contributed by atoms with Crippen LogP contribution in [0, 0.1) is 0 Å². The number of fused-ring (bicyclic) bond motifs is 2. The molecular formula is C21H20N2O5. The van der Waals surface area contributed by atoms with E-state index in [-0.39, 0.29) is 11.0 Å². The van der Waals surface area contributed by atoms with Crippen molar-refractivity contribution in [3.05, 3.63) is 58.4 Å². The number of rotatable bonds is 4. The van der Waals surface area contributed by atoms with Gasteiger partial charge in [-0.15, -0.1) is 0 Å². The summed E-state index contributed by atoms with van der Waals surface area (Å²) in [5, 5.41) is 3.22. The molecule has 0 bridgehead atoms. The summed E-state index contributed by atoms with van der Waals surface area (Å²) in [6.07, 6.45) is 1.59. The number of carbonyl (C=O) groups excluding carboxylic acids is 1. The maximum Gasteiger partial charge on any atom is 0.261 e. The molecule has 7 heteroatoms. The Kier molecular flexibility index (Phi) is 4.65. The number of amides is 1. The Labute approximate surface area is 161 Å². The number of nitrogens with zero attached hydrogens (tertiary/aromatic N) is 1. The number of benzene rings is 2. The van der Waals surface area contributed by atoms with Crippen LogP contribution in [0.4, 0.5) is 5.69 Å². The van der Waals surface area contributed by atoms with E-state index >= 15 is 0 Å². The second-order valence-corrected chi connectivity index (χ2v) is 6.35. The van der Waals surface area contributed by atoms with Gasteiger partial charge in [-0.3, -0.25) is 9.59 Å². The SMILES string of the molecule is CCn1cc(C(=O)Nc2ccc3c(c2)OCCO3)c(=O)c2cc(OC)ccc21. The van der Waals surface area contributed by atoms with Gasteiger partial charge in [0.2, 0.25) is 5.43 Å². The molecule has 2 heterocycles. The number of carbonyl (C=O) groups is 1. The third kappa shape index (κ3) is 3.15. The maximum absolute atomic E-state index is 13.0. The molecule has 7 nitrogen and oxygen atoms in total. The first-order valence-corrected chi connectivity index (χ1v) is 9.03. The van der Waals surface area contributed by atoms with Crippen LogP contribution in [0.1, 0.15) is 17.3 Å². The monoisotopic (exact) mass is 380 g/mol. The van der Waals surface area contributed by atoms with Crippen LogP contribution in [0.2, 0.25) is 0 Å². The van der Waals surface area contributed by atoms with Gasteiger partial charge in [-0.05, 0) is 37.3 Å². The Balaban J connectivity index is 1.72. The maximum atomic E-state index is 13.0. The molecule has 0 atom stereocenters. The number of aromatic nitrogens is 1. The Bertz CT molecular complexity index is 1120. The van der Waals surface area contributed by atoms with E-state index in [2.05, 4.69) is 5.32 Å². The van der Waals surface area contributed by atoms with E-state index in [1.54, 1.807) is 36.5 Å². The van der Waals surface area contributed by atoms with Crippen LogP contribution >= 0.6 is 0 Å². The van der Waals surface area contributed by atoms with Crippen molar-refractivity contribution in [3.63, 3.8) is 0 Å². The Morgan fingerprint density at radius 2 is 1.93 bits per heavy atom. The number of anilines is 1. The van der Waals surface area contributed by atoms with Gasteiger partial charge in [0.15, 0.2) is 11.5 Å². The largest absolute Gasteiger partial charge is 0.497 e. The molecule has 3 aromatic rings. The number of hydrogen-bond donors (Lipinski definition) is 1. The molecule has 1 aliphatic heterocycles. The van der Waals surface area contributed by atoms with Gasteiger partial charge < -0.3 is 24.1 Å². The van der Waals surface area contributed by atoms with Crippen molar-refractivity contribution in [1.82, 2.24) is 4.57 Å². The number of ether oxygens (including phenoxy) is 3. The molecule has 0 spiro atoms. The van der Waals surface area contributed by atoms with E-state index in [1.807, 2.05) is 17.6 Å². The molecule has 1 N–H and O–H groups in total. The van der Waals surface area contributed by atoms with Crippen LogP contribution in [0.15, 0.2) is 47.4 Å². The molecule has 0 unspecified atom stereocenters. The number of aryl methyl sites for hydroxylation is 1. The predicted octanol–water partition coefficient (Wildman–Crippen LogP) is 3.05. The van der Waals surface area contributed by atoms with E-state index in [9.17, 15) is 9.59 Å². The zero-order valence-electron chi connectivity index (χ0n) is 15.7. The zero-order valence-corrected chi connectivity index (χ0v) is 15.7. The minimum Gasteiger partial charge on any atom is -0.497 e. The first-order valence-electron chi connectivity index (χ1n) is 9.03. The van der Waals surface area contributed by atoms with Gasteiger partial charge in [-0.2, -0.15) is 0 Å². The van der Waals surface area contributed by atoms with Gasteiger partial charge in [-0.25, -0.2) is 0 Å². The Morgan fingerprint density at radius 3 is 2.68 bits per heavy atom. The average molecular weight is 380 g/mol. The first kappa shape index (κ1) is 17.9. The summed E-state index contributed by atoms with van der Waals surface area (Å²) in [5.74, 6) is 1.29. The van der Waals surface area contributed by atoms with E-state index in [1.165, 1.54) is 7.11 Å². The number of pyridine rings is 1. The highest BCUT2D eigenvalue weighted by Crippen LogP contribution is 2.32. The summed E-state index contributed by atoms with van der Waals surface area (Å²) >= 11 is 0. The van der Waals surface area contributed by atoms with E-state index in [4.69, 9.17) is 14.2 Å². The lowest BCUT2D eigenvalue weighted by molar-refractivity contribution is 0.102. The smallest absolute Gasteiger partial charge is 0.261 e. The highest BCUT2D eigenvalue weighted by molar-refractivity contribution is 6.06. The Morgan fingerprint density at radius 1 is 1.14 bits per heavy atom. The second kappa shape index (κ2) is 7.26. The normalized spacial score (nSPS) is 12.6. The summed E-state index contributed by atoms with van der Waals surface area (Å²) in [6, 6.07) is 10.4. The van der Waals surface area contributed by atoms with E-state index in [0.717, 1.165) is 5.52 Å². The minimum absolute atomic E-state index is 0.0671. The van der Waals surface area contributed by atoms with Gasteiger partial charge >= 0.3 is 0 Å². The highest BCUT2D eigenvalue weighted by Gasteiger charge is 2.18. The van der Waals surface area contributed by atoms with Gasteiger partial charge in [-0.1, -0.05) is 0 Å². The lowest BCUT2D eigenvalue weighted by Gasteiger charge is -2.19. The number of nitrogens with one attached hydrogen (secondary N) is 1. The summed E-state index contributed by atoms with van der Waals surface area (Å²) < 4.78 is 18.1. The van der Waals surface area contributed by atoms with Gasteiger partial charge in [0, 0.05) is 24.5 Å². The minimum atomic E-state index is -0.478. The van der Waals surface area contributed by atoms with Crippen LogP contribution in [0.25, 0.3) is 10.9 Å². The predicted molar refractivity (Wildman–Crippen MR) is 106 cm³/mol.